The lowest BCUT2D eigenvalue weighted by Gasteiger charge is -2.22. The van der Waals surface area contributed by atoms with Gasteiger partial charge in [-0.05, 0) is 51.0 Å². The van der Waals surface area contributed by atoms with E-state index in [9.17, 15) is 9.59 Å². The van der Waals surface area contributed by atoms with Crippen molar-refractivity contribution in [1.82, 2.24) is 5.32 Å². The van der Waals surface area contributed by atoms with Gasteiger partial charge in [0.25, 0.3) is 0 Å². The van der Waals surface area contributed by atoms with Crippen LogP contribution >= 0.6 is 0 Å². The molecule has 20 heavy (non-hydrogen) atoms. The van der Waals surface area contributed by atoms with Crippen LogP contribution in [0.15, 0.2) is 18.2 Å². The number of rotatable bonds is 4. The highest BCUT2D eigenvalue weighted by Crippen LogP contribution is 2.22. The number of carbonyl (C=O) groups is 2. The standard InChI is InChI=1S/C15H21NO4/c1-10-8-11(6-7-13(10)19-5)12(9-17)16-14(18)20-15(2,3)4/h6-9,12H,1-5H3,(H,16,18). The van der Waals surface area contributed by atoms with Crippen LogP contribution < -0.4 is 10.1 Å². The molecule has 0 saturated carbocycles. The van der Waals surface area contributed by atoms with Crippen LogP contribution in [-0.2, 0) is 9.53 Å². The molecular formula is C15H21NO4. The molecule has 5 nitrogen and oxygen atoms in total. The third-order valence-corrected chi connectivity index (χ3v) is 2.59. The maximum Gasteiger partial charge on any atom is 0.408 e. The van der Waals surface area contributed by atoms with Gasteiger partial charge in [0, 0.05) is 0 Å². The monoisotopic (exact) mass is 279 g/mol. The first-order valence-corrected chi connectivity index (χ1v) is 6.36. The quantitative estimate of drug-likeness (QED) is 0.861. The molecule has 1 rings (SSSR count). The fourth-order valence-corrected chi connectivity index (χ4v) is 1.73. The summed E-state index contributed by atoms with van der Waals surface area (Å²) in [5.41, 5.74) is 0.972. The minimum atomic E-state index is -0.741. The number of alkyl carbamates (subject to hydrolysis) is 1. The van der Waals surface area contributed by atoms with E-state index in [0.717, 1.165) is 11.3 Å². The Kier molecular flexibility index (Phi) is 5.13. The fraction of sp³-hybridized carbons (Fsp3) is 0.467. The second-order valence-corrected chi connectivity index (χ2v) is 5.49. The Balaban J connectivity index is 2.83. The van der Waals surface area contributed by atoms with E-state index < -0.39 is 17.7 Å². The number of amides is 1. The Labute approximate surface area is 119 Å². The third kappa shape index (κ3) is 4.57. The molecule has 0 heterocycles. The highest BCUT2D eigenvalue weighted by atomic mass is 16.6. The van der Waals surface area contributed by atoms with Crippen molar-refractivity contribution in [2.75, 3.05) is 7.11 Å². The fourth-order valence-electron chi connectivity index (χ4n) is 1.73. The Morgan fingerprint density at radius 3 is 2.45 bits per heavy atom. The van der Waals surface area contributed by atoms with E-state index in [4.69, 9.17) is 9.47 Å². The summed E-state index contributed by atoms with van der Waals surface area (Å²) in [6.45, 7) is 7.16. The molecule has 110 valence electrons. The van der Waals surface area contributed by atoms with Gasteiger partial charge in [0.05, 0.1) is 7.11 Å². The van der Waals surface area contributed by atoms with Gasteiger partial charge in [0.2, 0.25) is 0 Å². The molecule has 1 atom stereocenters. The summed E-state index contributed by atoms with van der Waals surface area (Å²) in [5.74, 6) is 0.732. The number of carbonyl (C=O) groups excluding carboxylic acids is 2. The molecule has 0 radical (unpaired) electrons. The molecule has 0 aliphatic heterocycles. The van der Waals surface area contributed by atoms with Crippen molar-refractivity contribution >= 4 is 12.4 Å². The zero-order chi connectivity index (χ0) is 15.3. The van der Waals surface area contributed by atoms with Crippen molar-refractivity contribution in [1.29, 1.82) is 0 Å². The number of hydrogen-bond acceptors (Lipinski definition) is 4. The van der Waals surface area contributed by atoms with Crippen LogP contribution in [0.2, 0.25) is 0 Å². The van der Waals surface area contributed by atoms with Gasteiger partial charge in [-0.25, -0.2) is 4.79 Å². The van der Waals surface area contributed by atoms with E-state index in [1.165, 1.54) is 0 Å². The number of aryl methyl sites for hydroxylation is 1. The maximum atomic E-state index is 11.7. The molecule has 0 aromatic heterocycles. The van der Waals surface area contributed by atoms with E-state index in [-0.39, 0.29) is 0 Å². The predicted molar refractivity (Wildman–Crippen MR) is 75.9 cm³/mol. The second kappa shape index (κ2) is 6.41. The van der Waals surface area contributed by atoms with Crippen molar-refractivity contribution in [3.63, 3.8) is 0 Å². The van der Waals surface area contributed by atoms with Crippen molar-refractivity contribution in [2.24, 2.45) is 0 Å². The zero-order valence-electron chi connectivity index (χ0n) is 12.5. The van der Waals surface area contributed by atoms with E-state index in [2.05, 4.69) is 5.32 Å². The van der Waals surface area contributed by atoms with Crippen molar-refractivity contribution in [3.05, 3.63) is 29.3 Å². The van der Waals surface area contributed by atoms with Crippen LogP contribution in [0.25, 0.3) is 0 Å². The number of benzene rings is 1. The second-order valence-electron chi connectivity index (χ2n) is 5.49. The summed E-state index contributed by atoms with van der Waals surface area (Å²) in [5, 5.41) is 2.53. The van der Waals surface area contributed by atoms with Crippen molar-refractivity contribution < 1.29 is 19.1 Å². The van der Waals surface area contributed by atoms with Crippen LogP contribution in [0.1, 0.15) is 37.9 Å². The minimum Gasteiger partial charge on any atom is -0.496 e. The summed E-state index contributed by atoms with van der Waals surface area (Å²) in [6, 6.07) is 4.56. The SMILES string of the molecule is COc1ccc(C(C=O)NC(=O)OC(C)(C)C)cc1C. The zero-order valence-corrected chi connectivity index (χ0v) is 12.5. The molecule has 0 aliphatic rings. The molecule has 0 bridgehead atoms. The molecule has 1 N–H and O–H groups in total. The van der Waals surface area contributed by atoms with Gasteiger partial charge in [-0.15, -0.1) is 0 Å². The van der Waals surface area contributed by atoms with Crippen LogP contribution in [0.5, 0.6) is 5.75 Å². The predicted octanol–water partition coefficient (Wildman–Crippen LogP) is 2.77. The maximum absolute atomic E-state index is 11.7. The molecule has 1 amide bonds. The van der Waals surface area contributed by atoms with E-state index in [1.54, 1.807) is 46.1 Å². The van der Waals surface area contributed by atoms with Crippen LogP contribution in [-0.4, -0.2) is 25.1 Å². The molecule has 0 fully saturated rings. The van der Waals surface area contributed by atoms with Crippen LogP contribution in [0.4, 0.5) is 4.79 Å². The molecule has 0 saturated heterocycles. The normalized spacial score (nSPS) is 12.4. The first-order valence-electron chi connectivity index (χ1n) is 6.36. The van der Waals surface area contributed by atoms with Gasteiger partial charge in [-0.1, -0.05) is 6.07 Å². The number of hydrogen-bond donors (Lipinski definition) is 1. The Bertz CT molecular complexity index is 491. The summed E-state index contributed by atoms with van der Waals surface area (Å²) in [7, 11) is 1.58. The van der Waals surface area contributed by atoms with Gasteiger partial charge in [0.1, 0.15) is 23.7 Å². The first-order chi connectivity index (χ1) is 9.26. The van der Waals surface area contributed by atoms with Crippen molar-refractivity contribution in [2.45, 2.75) is 39.3 Å². The molecule has 1 aromatic carbocycles. The molecule has 1 aromatic rings. The molecule has 1 unspecified atom stereocenters. The first kappa shape index (κ1) is 16.0. The number of nitrogens with one attached hydrogen (secondary N) is 1. The Morgan fingerprint density at radius 2 is 2.00 bits per heavy atom. The highest BCUT2D eigenvalue weighted by molar-refractivity contribution is 5.74. The molecule has 5 heteroatoms. The smallest absolute Gasteiger partial charge is 0.408 e. The van der Waals surface area contributed by atoms with Gasteiger partial charge < -0.3 is 19.6 Å². The van der Waals surface area contributed by atoms with E-state index in [0.29, 0.717) is 11.8 Å². The number of methoxy groups -OCH3 is 1. The molecule has 0 spiro atoms. The van der Waals surface area contributed by atoms with E-state index >= 15 is 0 Å². The largest absolute Gasteiger partial charge is 0.496 e. The highest BCUT2D eigenvalue weighted by Gasteiger charge is 2.20. The molecule has 0 aliphatic carbocycles. The lowest BCUT2D eigenvalue weighted by atomic mass is 10.0. The summed E-state index contributed by atoms with van der Waals surface area (Å²) in [4.78, 5) is 22.9. The summed E-state index contributed by atoms with van der Waals surface area (Å²) < 4.78 is 10.3. The lowest BCUT2D eigenvalue weighted by Crippen LogP contribution is -2.35. The van der Waals surface area contributed by atoms with Gasteiger partial charge in [-0.2, -0.15) is 0 Å². The van der Waals surface area contributed by atoms with Gasteiger partial charge in [0.15, 0.2) is 0 Å². The number of aldehydes is 1. The van der Waals surface area contributed by atoms with E-state index in [1.807, 2.05) is 6.92 Å². The third-order valence-electron chi connectivity index (χ3n) is 2.59. The molecular weight excluding hydrogens is 258 g/mol. The van der Waals surface area contributed by atoms with Crippen molar-refractivity contribution in [3.8, 4) is 5.75 Å². The Morgan fingerprint density at radius 1 is 1.35 bits per heavy atom. The average Bonchev–Trinajstić information content (AvgIpc) is 2.33. The summed E-state index contributed by atoms with van der Waals surface area (Å²) >= 11 is 0. The lowest BCUT2D eigenvalue weighted by molar-refractivity contribution is -0.109. The van der Waals surface area contributed by atoms with Gasteiger partial charge in [-0.3, -0.25) is 0 Å². The van der Waals surface area contributed by atoms with Crippen LogP contribution in [0, 0.1) is 6.92 Å². The topological polar surface area (TPSA) is 64.6 Å². The summed E-state index contributed by atoms with van der Waals surface area (Å²) in [6.07, 6.45) is 0.0496. The Hall–Kier alpha value is -2.04. The number of ether oxygens (including phenoxy) is 2. The van der Waals surface area contributed by atoms with Crippen LogP contribution in [0.3, 0.4) is 0 Å². The minimum absolute atomic E-state index is 0.604. The average molecular weight is 279 g/mol. The van der Waals surface area contributed by atoms with Gasteiger partial charge >= 0.3 is 6.09 Å².